The predicted molar refractivity (Wildman–Crippen MR) is 69.7 cm³/mol. The van der Waals surface area contributed by atoms with Crippen LogP contribution in [0.1, 0.15) is 22.8 Å². The first kappa shape index (κ1) is 13.6. The van der Waals surface area contributed by atoms with Gasteiger partial charge in [0.1, 0.15) is 0 Å². The fraction of sp³-hybridized carbons (Fsp3) is 0.333. The Hall–Kier alpha value is -1.49. The Labute approximate surface area is 104 Å². The molecule has 0 saturated carbocycles. The number of nitrogens with one attached hydrogen (secondary N) is 1. The highest BCUT2D eigenvalue weighted by atomic mass is 32.2. The normalized spacial score (nSPS) is 11.9. The third-order valence-electron chi connectivity index (χ3n) is 2.47. The van der Waals surface area contributed by atoms with Crippen LogP contribution in [0.2, 0.25) is 0 Å². The number of hydrogen-bond acceptors (Lipinski definition) is 3. The van der Waals surface area contributed by atoms with Crippen molar-refractivity contribution in [1.82, 2.24) is 0 Å². The number of carbonyl (C=O) groups is 2. The lowest BCUT2D eigenvalue weighted by atomic mass is 10.1. The number of carboxylic acid groups (broad SMARTS) is 1. The van der Waals surface area contributed by atoms with Crippen LogP contribution in [0.25, 0.3) is 0 Å². The second-order valence-corrected chi connectivity index (χ2v) is 4.88. The largest absolute Gasteiger partial charge is 0.478 e. The SMILES string of the molecule is CS[C@H](C)C(=O)Nc1cc(C(=O)O)ccc1C. The Morgan fingerprint density at radius 3 is 2.59 bits per heavy atom. The van der Waals surface area contributed by atoms with Crippen LogP contribution in [0.15, 0.2) is 18.2 Å². The third kappa shape index (κ3) is 3.49. The van der Waals surface area contributed by atoms with Gasteiger partial charge in [0, 0.05) is 5.69 Å². The quantitative estimate of drug-likeness (QED) is 0.864. The van der Waals surface area contributed by atoms with E-state index in [0.717, 1.165) is 5.56 Å². The average molecular weight is 253 g/mol. The standard InChI is InChI=1S/C12H15NO3S/c1-7-4-5-9(12(15)16)6-10(7)13-11(14)8(2)17-3/h4-6,8H,1-3H3,(H,13,14)(H,15,16)/t8-/m1/s1. The monoisotopic (exact) mass is 253 g/mol. The summed E-state index contributed by atoms with van der Waals surface area (Å²) in [5, 5.41) is 11.4. The van der Waals surface area contributed by atoms with E-state index in [0.29, 0.717) is 5.69 Å². The lowest BCUT2D eigenvalue weighted by molar-refractivity contribution is -0.115. The summed E-state index contributed by atoms with van der Waals surface area (Å²) < 4.78 is 0. The number of benzene rings is 1. The average Bonchev–Trinajstić information content (AvgIpc) is 2.30. The zero-order valence-electron chi connectivity index (χ0n) is 9.98. The molecule has 92 valence electrons. The molecule has 0 unspecified atom stereocenters. The Morgan fingerprint density at radius 2 is 2.06 bits per heavy atom. The van der Waals surface area contributed by atoms with Gasteiger partial charge in [0.25, 0.3) is 0 Å². The Kier molecular flexibility index (Phi) is 4.57. The van der Waals surface area contributed by atoms with Gasteiger partial charge in [-0.25, -0.2) is 4.79 Å². The molecule has 17 heavy (non-hydrogen) atoms. The smallest absolute Gasteiger partial charge is 0.335 e. The second-order valence-electron chi connectivity index (χ2n) is 3.70. The van der Waals surface area contributed by atoms with Crippen LogP contribution in [-0.4, -0.2) is 28.5 Å². The van der Waals surface area contributed by atoms with E-state index in [1.807, 2.05) is 13.2 Å². The minimum Gasteiger partial charge on any atom is -0.478 e. The van der Waals surface area contributed by atoms with Crippen molar-refractivity contribution in [3.63, 3.8) is 0 Å². The van der Waals surface area contributed by atoms with E-state index in [2.05, 4.69) is 5.32 Å². The topological polar surface area (TPSA) is 66.4 Å². The van der Waals surface area contributed by atoms with Crippen molar-refractivity contribution >= 4 is 29.3 Å². The minimum atomic E-state index is -1.00. The van der Waals surface area contributed by atoms with Crippen molar-refractivity contribution < 1.29 is 14.7 Å². The van der Waals surface area contributed by atoms with Crippen LogP contribution in [-0.2, 0) is 4.79 Å². The zero-order valence-corrected chi connectivity index (χ0v) is 10.8. The lowest BCUT2D eigenvalue weighted by Crippen LogP contribution is -2.22. The number of carbonyl (C=O) groups excluding carboxylic acids is 1. The number of amides is 1. The lowest BCUT2D eigenvalue weighted by Gasteiger charge is -2.12. The molecule has 4 nitrogen and oxygen atoms in total. The van der Waals surface area contributed by atoms with Crippen molar-refractivity contribution in [2.45, 2.75) is 19.1 Å². The van der Waals surface area contributed by atoms with Crippen molar-refractivity contribution in [2.24, 2.45) is 0 Å². The van der Waals surface area contributed by atoms with Crippen molar-refractivity contribution in [3.8, 4) is 0 Å². The molecular weight excluding hydrogens is 238 g/mol. The number of anilines is 1. The van der Waals surface area contributed by atoms with Crippen LogP contribution < -0.4 is 5.32 Å². The molecule has 0 radical (unpaired) electrons. The van der Waals surface area contributed by atoms with Gasteiger partial charge in [-0.3, -0.25) is 4.79 Å². The first-order valence-corrected chi connectivity index (χ1v) is 6.42. The summed E-state index contributed by atoms with van der Waals surface area (Å²) >= 11 is 1.44. The van der Waals surface area contributed by atoms with Crippen molar-refractivity contribution in [1.29, 1.82) is 0 Å². The first-order chi connectivity index (χ1) is 7.95. The summed E-state index contributed by atoms with van der Waals surface area (Å²) in [6.07, 6.45) is 1.85. The Bertz CT molecular complexity index is 445. The fourth-order valence-electron chi connectivity index (χ4n) is 1.23. The summed E-state index contributed by atoms with van der Waals surface area (Å²) in [4.78, 5) is 22.5. The molecule has 1 amide bonds. The summed E-state index contributed by atoms with van der Waals surface area (Å²) in [6, 6.07) is 4.68. The predicted octanol–water partition coefficient (Wildman–Crippen LogP) is 2.38. The zero-order chi connectivity index (χ0) is 13.0. The van der Waals surface area contributed by atoms with Crippen molar-refractivity contribution in [3.05, 3.63) is 29.3 Å². The molecule has 1 aromatic carbocycles. The molecule has 0 aliphatic rings. The van der Waals surface area contributed by atoms with Gasteiger partial charge in [0.05, 0.1) is 10.8 Å². The van der Waals surface area contributed by atoms with Gasteiger partial charge >= 0.3 is 5.97 Å². The highest BCUT2D eigenvalue weighted by Gasteiger charge is 2.13. The maximum absolute atomic E-state index is 11.7. The number of aryl methyl sites for hydroxylation is 1. The number of rotatable bonds is 4. The number of carboxylic acids is 1. The van der Waals surface area contributed by atoms with Crippen molar-refractivity contribution in [2.75, 3.05) is 11.6 Å². The summed E-state index contributed by atoms with van der Waals surface area (Å²) in [5.41, 5.74) is 1.56. The van der Waals surface area contributed by atoms with Crippen LogP contribution >= 0.6 is 11.8 Å². The maximum Gasteiger partial charge on any atom is 0.335 e. The number of thioether (sulfide) groups is 1. The highest BCUT2D eigenvalue weighted by molar-refractivity contribution is 7.99. The van der Waals surface area contributed by atoms with E-state index >= 15 is 0 Å². The molecule has 0 aliphatic carbocycles. The van der Waals surface area contributed by atoms with Gasteiger partial charge in [-0.1, -0.05) is 6.07 Å². The van der Waals surface area contributed by atoms with Gasteiger partial charge < -0.3 is 10.4 Å². The molecule has 0 aromatic heterocycles. The van der Waals surface area contributed by atoms with E-state index in [4.69, 9.17) is 5.11 Å². The number of hydrogen-bond donors (Lipinski definition) is 2. The summed E-state index contributed by atoms with van der Waals surface area (Å²) in [7, 11) is 0. The highest BCUT2D eigenvalue weighted by Crippen LogP contribution is 2.18. The van der Waals surface area contributed by atoms with E-state index in [1.54, 1.807) is 13.0 Å². The molecule has 0 fully saturated rings. The fourth-order valence-corrected chi connectivity index (χ4v) is 1.50. The second kappa shape index (κ2) is 5.72. The van der Waals surface area contributed by atoms with Crippen LogP contribution in [0.4, 0.5) is 5.69 Å². The molecule has 1 aromatic rings. The molecule has 1 rings (SSSR count). The van der Waals surface area contributed by atoms with Crippen LogP contribution in [0.3, 0.4) is 0 Å². The third-order valence-corrected chi connectivity index (χ3v) is 3.39. The number of aromatic carboxylic acids is 1. The van der Waals surface area contributed by atoms with Gasteiger partial charge in [0.15, 0.2) is 0 Å². The van der Waals surface area contributed by atoms with Crippen LogP contribution in [0.5, 0.6) is 0 Å². The summed E-state index contributed by atoms with van der Waals surface area (Å²) in [5.74, 6) is -1.12. The molecule has 5 heteroatoms. The minimum absolute atomic E-state index is 0.122. The van der Waals surface area contributed by atoms with Gasteiger partial charge in [0.2, 0.25) is 5.91 Å². The molecule has 0 spiro atoms. The summed E-state index contributed by atoms with van der Waals surface area (Å²) in [6.45, 7) is 3.63. The molecule has 0 heterocycles. The molecule has 0 bridgehead atoms. The Balaban J connectivity index is 2.94. The Morgan fingerprint density at radius 1 is 1.41 bits per heavy atom. The molecule has 2 N–H and O–H groups in total. The van der Waals surface area contributed by atoms with Gasteiger partial charge in [-0.2, -0.15) is 11.8 Å². The van der Waals surface area contributed by atoms with E-state index < -0.39 is 5.97 Å². The van der Waals surface area contributed by atoms with E-state index in [1.165, 1.54) is 23.9 Å². The molecule has 0 saturated heterocycles. The van der Waals surface area contributed by atoms with E-state index in [9.17, 15) is 9.59 Å². The van der Waals surface area contributed by atoms with Crippen LogP contribution in [0, 0.1) is 6.92 Å². The molecular formula is C12H15NO3S. The molecule has 1 atom stereocenters. The maximum atomic E-state index is 11.7. The van der Waals surface area contributed by atoms with Gasteiger partial charge in [-0.05, 0) is 37.8 Å². The molecule has 0 aliphatic heterocycles. The van der Waals surface area contributed by atoms with Gasteiger partial charge in [-0.15, -0.1) is 0 Å². The first-order valence-electron chi connectivity index (χ1n) is 5.13. The van der Waals surface area contributed by atoms with E-state index in [-0.39, 0.29) is 16.7 Å².